The molecule has 3 nitrogen and oxygen atoms in total. The normalized spacial score (nSPS) is 10.6. The minimum absolute atomic E-state index is 0.172. The molecule has 1 aromatic heterocycles. The summed E-state index contributed by atoms with van der Waals surface area (Å²) < 4.78 is 0. The van der Waals surface area contributed by atoms with Crippen LogP contribution in [0.5, 0.6) is 0 Å². The number of nitrogens with one attached hydrogen (secondary N) is 1. The van der Waals surface area contributed by atoms with Gasteiger partial charge in [-0.15, -0.1) is 0 Å². The van der Waals surface area contributed by atoms with Crippen molar-refractivity contribution in [3.05, 3.63) is 36.0 Å². The molecule has 84 valence electrons. The summed E-state index contributed by atoms with van der Waals surface area (Å²) in [5.74, 6) is 0.668. The van der Waals surface area contributed by atoms with E-state index in [4.69, 9.17) is 5.11 Å². The van der Waals surface area contributed by atoms with Gasteiger partial charge in [0.2, 0.25) is 0 Å². The Kier molecular flexibility index (Phi) is 3.64. The minimum atomic E-state index is 0.172. The van der Waals surface area contributed by atoms with E-state index >= 15 is 0 Å². The fraction of sp³-hybridized carbons (Fsp3) is 0.250. The highest BCUT2D eigenvalue weighted by Crippen LogP contribution is 2.21. The fourth-order valence-corrected chi connectivity index (χ4v) is 1.99. The van der Waals surface area contributed by atoms with Crippen LogP contribution in [0.1, 0.15) is 5.56 Å². The molecule has 0 saturated heterocycles. The summed E-state index contributed by atoms with van der Waals surface area (Å²) in [5, 5.41) is 9.57. The van der Waals surface area contributed by atoms with Gasteiger partial charge in [0.1, 0.15) is 0 Å². The van der Waals surface area contributed by atoms with E-state index in [0.717, 1.165) is 16.4 Å². The van der Waals surface area contributed by atoms with Crippen LogP contribution < -0.4 is 0 Å². The van der Waals surface area contributed by atoms with Crippen molar-refractivity contribution in [2.24, 2.45) is 0 Å². The SMILES string of the molecule is Cc1ccc(-c2cnc(SCCO)[nH]2)cc1. The van der Waals surface area contributed by atoms with Crippen LogP contribution in [0.3, 0.4) is 0 Å². The van der Waals surface area contributed by atoms with E-state index in [-0.39, 0.29) is 6.61 Å². The van der Waals surface area contributed by atoms with Gasteiger partial charge in [0.25, 0.3) is 0 Å². The fourth-order valence-electron chi connectivity index (χ4n) is 1.40. The monoisotopic (exact) mass is 234 g/mol. The number of aromatic amines is 1. The van der Waals surface area contributed by atoms with E-state index in [1.807, 2.05) is 6.20 Å². The molecule has 4 heteroatoms. The van der Waals surface area contributed by atoms with Gasteiger partial charge in [0.05, 0.1) is 18.5 Å². The summed E-state index contributed by atoms with van der Waals surface area (Å²) in [5.41, 5.74) is 3.40. The second-order valence-corrected chi connectivity index (χ2v) is 4.62. The summed E-state index contributed by atoms with van der Waals surface area (Å²) in [6.07, 6.45) is 1.82. The van der Waals surface area contributed by atoms with Crippen molar-refractivity contribution in [1.29, 1.82) is 0 Å². The number of aryl methyl sites for hydroxylation is 1. The topological polar surface area (TPSA) is 48.9 Å². The molecule has 1 heterocycles. The number of aromatic nitrogens is 2. The zero-order valence-electron chi connectivity index (χ0n) is 9.10. The van der Waals surface area contributed by atoms with Crippen LogP contribution in [0.4, 0.5) is 0 Å². The number of aliphatic hydroxyl groups excluding tert-OH is 1. The summed E-state index contributed by atoms with van der Waals surface area (Å²) in [6.45, 7) is 2.24. The maximum absolute atomic E-state index is 8.72. The number of rotatable bonds is 4. The smallest absolute Gasteiger partial charge is 0.165 e. The Hall–Kier alpha value is -1.26. The molecule has 0 bridgehead atoms. The molecule has 2 N–H and O–H groups in total. The number of benzene rings is 1. The van der Waals surface area contributed by atoms with Crippen LogP contribution in [0, 0.1) is 6.92 Å². The first kappa shape index (κ1) is 11.2. The number of nitrogens with zero attached hydrogens (tertiary/aromatic N) is 1. The highest BCUT2D eigenvalue weighted by atomic mass is 32.2. The maximum Gasteiger partial charge on any atom is 0.165 e. The van der Waals surface area contributed by atoms with Gasteiger partial charge in [0.15, 0.2) is 5.16 Å². The van der Waals surface area contributed by atoms with Gasteiger partial charge in [-0.05, 0) is 12.5 Å². The van der Waals surface area contributed by atoms with E-state index in [1.54, 1.807) is 0 Å². The number of imidazole rings is 1. The van der Waals surface area contributed by atoms with E-state index in [0.29, 0.717) is 5.75 Å². The summed E-state index contributed by atoms with van der Waals surface area (Å²) in [4.78, 5) is 7.47. The number of hydrogen-bond donors (Lipinski definition) is 2. The van der Waals surface area contributed by atoms with E-state index < -0.39 is 0 Å². The van der Waals surface area contributed by atoms with Crippen molar-refractivity contribution < 1.29 is 5.11 Å². The zero-order chi connectivity index (χ0) is 11.4. The Balaban J connectivity index is 2.15. The third kappa shape index (κ3) is 2.65. The highest BCUT2D eigenvalue weighted by molar-refractivity contribution is 7.99. The zero-order valence-corrected chi connectivity index (χ0v) is 9.92. The molecule has 1 aromatic carbocycles. The summed E-state index contributed by atoms with van der Waals surface area (Å²) >= 11 is 1.52. The predicted octanol–water partition coefficient (Wildman–Crippen LogP) is 2.47. The van der Waals surface area contributed by atoms with Gasteiger partial charge in [-0.3, -0.25) is 0 Å². The first-order chi connectivity index (χ1) is 7.79. The van der Waals surface area contributed by atoms with Crippen LogP contribution >= 0.6 is 11.8 Å². The first-order valence-electron chi connectivity index (χ1n) is 5.15. The van der Waals surface area contributed by atoms with Crippen LogP contribution in [0.25, 0.3) is 11.3 Å². The molecule has 0 unspecified atom stereocenters. The number of H-pyrrole nitrogens is 1. The molecular weight excluding hydrogens is 220 g/mol. The Morgan fingerprint density at radius 3 is 2.75 bits per heavy atom. The van der Waals surface area contributed by atoms with Crippen molar-refractivity contribution in [3.63, 3.8) is 0 Å². The molecule has 0 radical (unpaired) electrons. The molecule has 0 atom stereocenters. The van der Waals surface area contributed by atoms with E-state index in [9.17, 15) is 0 Å². The molecule has 16 heavy (non-hydrogen) atoms. The van der Waals surface area contributed by atoms with Crippen molar-refractivity contribution in [1.82, 2.24) is 9.97 Å². The van der Waals surface area contributed by atoms with Crippen molar-refractivity contribution in [2.75, 3.05) is 12.4 Å². The Morgan fingerprint density at radius 2 is 2.06 bits per heavy atom. The van der Waals surface area contributed by atoms with Gasteiger partial charge in [-0.25, -0.2) is 4.98 Å². The molecular formula is C12H14N2OS. The second kappa shape index (κ2) is 5.18. The lowest BCUT2D eigenvalue weighted by Crippen LogP contribution is -1.86. The van der Waals surface area contributed by atoms with Crippen molar-refractivity contribution >= 4 is 11.8 Å². The standard InChI is InChI=1S/C12H14N2OS/c1-9-2-4-10(5-3-9)11-8-13-12(14-11)16-7-6-15/h2-5,8,15H,6-7H2,1H3,(H,13,14). The quantitative estimate of drug-likeness (QED) is 0.799. The van der Waals surface area contributed by atoms with Gasteiger partial charge in [0, 0.05) is 5.75 Å². The number of thioether (sulfide) groups is 1. The van der Waals surface area contributed by atoms with Crippen LogP contribution in [0.15, 0.2) is 35.6 Å². The average molecular weight is 234 g/mol. The van der Waals surface area contributed by atoms with E-state index in [2.05, 4.69) is 41.2 Å². The van der Waals surface area contributed by atoms with Crippen molar-refractivity contribution in [2.45, 2.75) is 12.1 Å². The third-order valence-corrected chi connectivity index (χ3v) is 3.11. The Labute approximate surface area is 98.9 Å². The van der Waals surface area contributed by atoms with Gasteiger partial charge >= 0.3 is 0 Å². The molecule has 0 amide bonds. The van der Waals surface area contributed by atoms with Gasteiger partial charge in [-0.2, -0.15) is 0 Å². The molecule has 0 aliphatic heterocycles. The third-order valence-electron chi connectivity index (χ3n) is 2.25. The molecule has 0 fully saturated rings. The van der Waals surface area contributed by atoms with Crippen LogP contribution in [0.2, 0.25) is 0 Å². The molecule has 0 spiro atoms. The predicted molar refractivity (Wildman–Crippen MR) is 66.6 cm³/mol. The Bertz CT molecular complexity index is 450. The van der Waals surface area contributed by atoms with Gasteiger partial charge in [-0.1, -0.05) is 41.6 Å². The largest absolute Gasteiger partial charge is 0.396 e. The molecule has 2 aromatic rings. The lowest BCUT2D eigenvalue weighted by molar-refractivity contribution is 0.322. The second-order valence-electron chi connectivity index (χ2n) is 3.54. The molecule has 2 rings (SSSR count). The minimum Gasteiger partial charge on any atom is -0.396 e. The lowest BCUT2D eigenvalue weighted by atomic mass is 10.1. The Morgan fingerprint density at radius 1 is 1.31 bits per heavy atom. The van der Waals surface area contributed by atoms with Crippen molar-refractivity contribution in [3.8, 4) is 11.3 Å². The van der Waals surface area contributed by atoms with Gasteiger partial charge < -0.3 is 10.1 Å². The van der Waals surface area contributed by atoms with E-state index in [1.165, 1.54) is 17.3 Å². The molecule has 0 aliphatic carbocycles. The van der Waals surface area contributed by atoms with Crippen LogP contribution in [-0.4, -0.2) is 27.4 Å². The summed E-state index contributed by atoms with van der Waals surface area (Å²) in [7, 11) is 0. The van der Waals surface area contributed by atoms with Crippen LogP contribution in [-0.2, 0) is 0 Å². The highest BCUT2D eigenvalue weighted by Gasteiger charge is 2.02. The average Bonchev–Trinajstić information content (AvgIpc) is 2.76. The summed E-state index contributed by atoms with van der Waals surface area (Å²) in [6, 6.07) is 8.31. The first-order valence-corrected chi connectivity index (χ1v) is 6.14. The number of hydrogen-bond acceptors (Lipinski definition) is 3. The lowest BCUT2D eigenvalue weighted by Gasteiger charge is -1.98. The number of aliphatic hydroxyl groups is 1. The maximum atomic E-state index is 8.72. The molecule has 0 saturated carbocycles. The molecule has 0 aliphatic rings.